The summed E-state index contributed by atoms with van der Waals surface area (Å²) in [7, 11) is 0. The van der Waals surface area contributed by atoms with Crippen molar-refractivity contribution in [2.75, 3.05) is 12.4 Å². The maximum Gasteiger partial charge on any atom is 0.573 e. The molecule has 0 aliphatic heterocycles. The van der Waals surface area contributed by atoms with Crippen molar-refractivity contribution in [2.45, 2.75) is 27.1 Å². The zero-order valence-electron chi connectivity index (χ0n) is 11.7. The Bertz CT molecular complexity index is 410. The maximum atomic E-state index is 12.0. The van der Waals surface area contributed by atoms with Crippen LogP contribution < -0.4 is 9.47 Å². The van der Waals surface area contributed by atoms with E-state index in [2.05, 4.69) is 38.1 Å². The summed E-state index contributed by atoms with van der Waals surface area (Å²) in [5.41, 5.74) is 0.0566. The molecule has 0 heterocycles. The lowest BCUT2D eigenvalue weighted by Gasteiger charge is -2.29. The Morgan fingerprint density at radius 1 is 1.05 bits per heavy atom. The van der Waals surface area contributed by atoms with Gasteiger partial charge in [-0.3, -0.25) is 0 Å². The Hall–Kier alpha value is -1.04. The van der Waals surface area contributed by atoms with Crippen LogP contribution in [0.5, 0.6) is 11.5 Å². The van der Waals surface area contributed by atoms with Crippen molar-refractivity contribution < 1.29 is 22.6 Å². The summed E-state index contributed by atoms with van der Waals surface area (Å²) in [5, 5.41) is 0. The van der Waals surface area contributed by atoms with E-state index in [1.54, 1.807) is 0 Å². The molecule has 0 aliphatic carbocycles. The first-order valence-electron chi connectivity index (χ1n) is 6.21. The van der Waals surface area contributed by atoms with Gasteiger partial charge in [-0.2, -0.15) is 12.6 Å². The molecule has 0 radical (unpaired) electrons. The van der Waals surface area contributed by atoms with E-state index in [-0.39, 0.29) is 17.1 Å². The molecule has 1 aromatic rings. The van der Waals surface area contributed by atoms with Gasteiger partial charge in [-0.25, -0.2) is 0 Å². The van der Waals surface area contributed by atoms with Gasteiger partial charge in [-0.1, -0.05) is 20.8 Å². The summed E-state index contributed by atoms with van der Waals surface area (Å²) in [6.45, 7) is 6.75. The molecule has 0 amide bonds. The van der Waals surface area contributed by atoms with Crippen LogP contribution in [-0.2, 0) is 0 Å². The van der Waals surface area contributed by atoms with E-state index in [4.69, 9.17) is 4.74 Å². The van der Waals surface area contributed by atoms with E-state index >= 15 is 0 Å². The van der Waals surface area contributed by atoms with Crippen LogP contribution in [-0.4, -0.2) is 18.7 Å². The number of hydrogen-bond donors (Lipinski definition) is 1. The molecule has 0 spiro atoms. The molecule has 1 unspecified atom stereocenters. The van der Waals surface area contributed by atoms with E-state index in [0.717, 1.165) is 0 Å². The number of ether oxygens (including phenoxy) is 2. The fraction of sp³-hybridized carbons (Fsp3) is 0.571. The van der Waals surface area contributed by atoms with Gasteiger partial charge in [0.25, 0.3) is 0 Å². The number of hydrogen-bond acceptors (Lipinski definition) is 3. The van der Waals surface area contributed by atoms with Crippen LogP contribution in [0.2, 0.25) is 0 Å². The maximum absolute atomic E-state index is 12.0. The first kappa shape index (κ1) is 17.0. The third-order valence-electron chi connectivity index (χ3n) is 2.95. The predicted octanol–water partition coefficient (Wildman–Crippen LogP) is 4.56. The lowest BCUT2D eigenvalue weighted by molar-refractivity contribution is -0.274. The quantitative estimate of drug-likeness (QED) is 0.804. The largest absolute Gasteiger partial charge is 0.573 e. The number of alkyl halides is 3. The third-order valence-corrected chi connectivity index (χ3v) is 3.39. The van der Waals surface area contributed by atoms with Gasteiger partial charge in [0.1, 0.15) is 11.5 Å². The highest BCUT2D eigenvalue weighted by molar-refractivity contribution is 7.80. The fourth-order valence-corrected chi connectivity index (χ4v) is 2.16. The Balaban J connectivity index is 2.58. The topological polar surface area (TPSA) is 18.5 Å². The summed E-state index contributed by atoms with van der Waals surface area (Å²) in [5.74, 6) is 1.18. The number of halogens is 3. The summed E-state index contributed by atoms with van der Waals surface area (Å²) in [6, 6.07) is 5.38. The van der Waals surface area contributed by atoms with Crippen molar-refractivity contribution in [1.29, 1.82) is 0 Å². The van der Waals surface area contributed by atoms with Crippen molar-refractivity contribution in [3.63, 3.8) is 0 Å². The highest BCUT2D eigenvalue weighted by Crippen LogP contribution is 2.29. The third kappa shape index (κ3) is 5.94. The lowest BCUT2D eigenvalue weighted by Crippen LogP contribution is -2.28. The monoisotopic (exact) mass is 308 g/mol. The van der Waals surface area contributed by atoms with Gasteiger partial charge in [-0.15, -0.1) is 13.2 Å². The molecule has 0 aromatic heterocycles. The van der Waals surface area contributed by atoms with Crippen molar-refractivity contribution in [1.82, 2.24) is 0 Å². The molecular weight excluding hydrogens is 289 g/mol. The minimum atomic E-state index is -4.67. The summed E-state index contributed by atoms with van der Waals surface area (Å²) >= 11 is 4.29. The summed E-state index contributed by atoms with van der Waals surface area (Å²) in [6.07, 6.45) is -4.67. The van der Waals surface area contributed by atoms with Crippen LogP contribution >= 0.6 is 12.6 Å². The Labute approximate surface area is 122 Å². The van der Waals surface area contributed by atoms with Crippen LogP contribution in [0.1, 0.15) is 20.8 Å². The zero-order valence-corrected chi connectivity index (χ0v) is 12.6. The Morgan fingerprint density at radius 3 is 1.95 bits per heavy atom. The predicted molar refractivity (Wildman–Crippen MR) is 75.4 cm³/mol. The van der Waals surface area contributed by atoms with Gasteiger partial charge in [0, 0.05) is 5.92 Å². The minimum Gasteiger partial charge on any atom is -0.493 e. The molecule has 0 saturated heterocycles. The van der Waals surface area contributed by atoms with Crippen LogP contribution in [0.15, 0.2) is 24.3 Å². The van der Waals surface area contributed by atoms with E-state index in [1.807, 2.05) is 0 Å². The second kappa shape index (κ2) is 6.61. The molecular formula is C14H19F3O2S. The van der Waals surface area contributed by atoms with Gasteiger partial charge in [0.2, 0.25) is 0 Å². The second-order valence-corrected chi connectivity index (χ2v) is 5.94. The lowest BCUT2D eigenvalue weighted by atomic mass is 9.82. The minimum absolute atomic E-state index is 0.0566. The van der Waals surface area contributed by atoms with Crippen LogP contribution in [0.4, 0.5) is 13.2 Å². The normalized spacial score (nSPS) is 13.9. The molecule has 2 nitrogen and oxygen atoms in total. The highest BCUT2D eigenvalue weighted by atomic mass is 32.1. The van der Waals surface area contributed by atoms with Crippen molar-refractivity contribution in [3.8, 4) is 11.5 Å². The Kier molecular flexibility index (Phi) is 5.62. The Morgan fingerprint density at radius 2 is 1.55 bits per heavy atom. The number of rotatable bonds is 5. The average Bonchev–Trinajstić information content (AvgIpc) is 2.28. The fourth-order valence-electron chi connectivity index (χ4n) is 1.51. The molecule has 6 heteroatoms. The van der Waals surface area contributed by atoms with Gasteiger partial charge in [0.05, 0.1) is 6.61 Å². The van der Waals surface area contributed by atoms with E-state index in [1.165, 1.54) is 24.3 Å². The number of thiol groups is 1. The van der Waals surface area contributed by atoms with Gasteiger partial charge in [0.15, 0.2) is 0 Å². The van der Waals surface area contributed by atoms with Crippen molar-refractivity contribution >= 4 is 12.6 Å². The van der Waals surface area contributed by atoms with Gasteiger partial charge < -0.3 is 9.47 Å². The van der Waals surface area contributed by atoms with Crippen LogP contribution in [0, 0.1) is 11.3 Å². The molecule has 0 bridgehead atoms. The van der Waals surface area contributed by atoms with Gasteiger partial charge >= 0.3 is 6.36 Å². The molecule has 0 fully saturated rings. The second-order valence-electron chi connectivity index (χ2n) is 5.58. The molecule has 0 aliphatic rings. The molecule has 1 rings (SSSR count). The zero-order chi connectivity index (χ0) is 15.4. The first-order chi connectivity index (χ1) is 9.12. The molecule has 20 heavy (non-hydrogen) atoms. The van der Waals surface area contributed by atoms with Crippen LogP contribution in [0.25, 0.3) is 0 Å². The highest BCUT2D eigenvalue weighted by Gasteiger charge is 2.31. The summed E-state index contributed by atoms with van der Waals surface area (Å²) < 4.78 is 45.4. The van der Waals surface area contributed by atoms with Crippen LogP contribution in [0.3, 0.4) is 0 Å². The van der Waals surface area contributed by atoms with E-state index < -0.39 is 6.36 Å². The number of benzene rings is 1. The standard InChI is InChI=1S/C14H19F3O2S/c1-13(2,3)10(9-20)8-18-11-4-6-12(7-5-11)19-14(15,16)17/h4-7,10,20H,8-9H2,1-3H3. The SMILES string of the molecule is CC(C)(C)C(CS)COc1ccc(OC(F)(F)F)cc1. The van der Waals surface area contributed by atoms with E-state index in [0.29, 0.717) is 18.1 Å². The molecule has 1 atom stereocenters. The molecule has 0 N–H and O–H groups in total. The summed E-state index contributed by atoms with van der Waals surface area (Å²) in [4.78, 5) is 0. The van der Waals surface area contributed by atoms with Crippen molar-refractivity contribution in [3.05, 3.63) is 24.3 Å². The van der Waals surface area contributed by atoms with Gasteiger partial charge in [-0.05, 0) is 35.4 Å². The average molecular weight is 308 g/mol. The molecule has 0 saturated carbocycles. The van der Waals surface area contributed by atoms with Crippen molar-refractivity contribution in [2.24, 2.45) is 11.3 Å². The molecule has 1 aromatic carbocycles. The van der Waals surface area contributed by atoms with E-state index in [9.17, 15) is 13.2 Å². The molecule has 114 valence electrons. The first-order valence-corrected chi connectivity index (χ1v) is 6.84. The smallest absolute Gasteiger partial charge is 0.493 e.